The van der Waals surface area contributed by atoms with Gasteiger partial charge in [-0.3, -0.25) is 19.3 Å². The minimum absolute atomic E-state index is 0.156. The van der Waals surface area contributed by atoms with Crippen LogP contribution in [0, 0.1) is 42.4 Å². The monoisotopic (exact) mass is 350 g/mol. The van der Waals surface area contributed by atoms with Gasteiger partial charge in [-0.2, -0.15) is 0 Å². The van der Waals surface area contributed by atoms with Gasteiger partial charge in [-0.05, 0) is 56.1 Å². The van der Waals surface area contributed by atoms with Crippen LogP contribution < -0.4 is 5.32 Å². The van der Waals surface area contributed by atoms with Crippen LogP contribution in [0.1, 0.15) is 18.9 Å². The Morgan fingerprint density at radius 1 is 1.04 bits per heavy atom. The SMILES string of the molecule is Cc1ccc(NC(=O)[C@H](C)N2C(=O)[C@@H]3[C@H]4C=C[C@@H]([C@@H]5C[C@H]45)[C@@H]3C2=O)cc1. The third kappa shape index (κ3) is 2.06. The maximum absolute atomic E-state index is 13.0. The number of aryl methyl sites for hydroxylation is 1. The summed E-state index contributed by atoms with van der Waals surface area (Å²) < 4.78 is 0. The zero-order valence-electron chi connectivity index (χ0n) is 14.9. The number of hydrogen-bond donors (Lipinski definition) is 1. The van der Waals surface area contributed by atoms with Gasteiger partial charge >= 0.3 is 0 Å². The molecule has 0 spiro atoms. The molecule has 1 heterocycles. The van der Waals surface area contributed by atoms with Crippen molar-refractivity contribution in [3.63, 3.8) is 0 Å². The summed E-state index contributed by atoms with van der Waals surface area (Å²) in [5.74, 6) is 0.367. The molecule has 4 aliphatic carbocycles. The molecule has 5 heteroatoms. The molecule has 0 radical (unpaired) electrons. The number of nitrogens with zero attached hydrogens (tertiary/aromatic N) is 1. The predicted octanol–water partition coefficient (Wildman–Crippen LogP) is 2.38. The molecule has 3 fully saturated rings. The van der Waals surface area contributed by atoms with E-state index < -0.39 is 6.04 Å². The zero-order chi connectivity index (χ0) is 18.2. The van der Waals surface area contributed by atoms with Crippen LogP contribution in [-0.2, 0) is 14.4 Å². The zero-order valence-corrected chi connectivity index (χ0v) is 14.9. The van der Waals surface area contributed by atoms with Gasteiger partial charge in [-0.15, -0.1) is 0 Å². The number of carbonyl (C=O) groups excluding carboxylic acids is 3. The maximum Gasteiger partial charge on any atom is 0.247 e. The molecule has 2 saturated carbocycles. The van der Waals surface area contributed by atoms with Gasteiger partial charge < -0.3 is 5.32 Å². The topological polar surface area (TPSA) is 66.5 Å². The van der Waals surface area contributed by atoms with Crippen molar-refractivity contribution in [2.45, 2.75) is 26.3 Å². The molecule has 26 heavy (non-hydrogen) atoms. The van der Waals surface area contributed by atoms with Crippen LogP contribution in [0.25, 0.3) is 0 Å². The highest BCUT2D eigenvalue weighted by Gasteiger charge is 2.67. The Labute approximate surface area is 152 Å². The van der Waals surface area contributed by atoms with Crippen molar-refractivity contribution >= 4 is 23.4 Å². The molecule has 1 N–H and O–H groups in total. The molecule has 0 aromatic heterocycles. The smallest absolute Gasteiger partial charge is 0.247 e. The Bertz CT molecular complexity index is 807. The Kier molecular flexibility index (Phi) is 3.21. The maximum atomic E-state index is 13.0. The van der Waals surface area contributed by atoms with E-state index in [0.717, 1.165) is 12.0 Å². The lowest BCUT2D eigenvalue weighted by molar-refractivity contribution is -0.146. The fourth-order valence-corrected chi connectivity index (χ4v) is 5.36. The standard InChI is InChI=1S/C21H22N2O3/c1-10-3-5-12(6-4-10)22-19(24)11(2)23-20(25)17-13-7-8-14(16-9-15(13)16)18(17)21(23)26/h3-8,11,13-18H,9H2,1-2H3,(H,22,24)/t11-,13-,14-,15-,16+,17-,18+/m0/s1. The summed E-state index contributed by atoms with van der Waals surface area (Å²) in [5.41, 5.74) is 1.78. The molecule has 3 amide bonds. The lowest BCUT2D eigenvalue weighted by atomic mass is 9.63. The number of anilines is 1. The number of hydrogen-bond acceptors (Lipinski definition) is 3. The van der Waals surface area contributed by atoms with Gasteiger partial charge in [0.05, 0.1) is 11.8 Å². The summed E-state index contributed by atoms with van der Waals surface area (Å²) in [6.07, 6.45) is 5.43. The van der Waals surface area contributed by atoms with E-state index in [1.807, 2.05) is 31.2 Å². The van der Waals surface area contributed by atoms with E-state index in [0.29, 0.717) is 17.5 Å². The summed E-state index contributed by atoms with van der Waals surface area (Å²) in [5, 5.41) is 2.82. The lowest BCUT2D eigenvalue weighted by Gasteiger charge is -2.37. The van der Waals surface area contributed by atoms with Crippen LogP contribution in [0.3, 0.4) is 0 Å². The van der Waals surface area contributed by atoms with Crippen LogP contribution in [0.5, 0.6) is 0 Å². The fourth-order valence-electron chi connectivity index (χ4n) is 5.36. The second-order valence-corrected chi connectivity index (χ2v) is 8.23. The molecule has 6 rings (SSSR count). The van der Waals surface area contributed by atoms with E-state index >= 15 is 0 Å². The van der Waals surface area contributed by atoms with Crippen molar-refractivity contribution in [3.05, 3.63) is 42.0 Å². The van der Waals surface area contributed by atoms with E-state index in [2.05, 4.69) is 17.5 Å². The molecular formula is C21H22N2O3. The van der Waals surface area contributed by atoms with Crippen molar-refractivity contribution in [1.82, 2.24) is 4.90 Å². The quantitative estimate of drug-likeness (QED) is 0.672. The normalized spacial score (nSPS) is 37.4. The third-order valence-corrected chi connectivity index (χ3v) is 6.78. The van der Waals surface area contributed by atoms with Crippen LogP contribution in [0.2, 0.25) is 0 Å². The van der Waals surface area contributed by atoms with Crippen LogP contribution in [-0.4, -0.2) is 28.7 Å². The van der Waals surface area contributed by atoms with Crippen molar-refractivity contribution in [3.8, 4) is 0 Å². The predicted molar refractivity (Wildman–Crippen MR) is 95.8 cm³/mol. The highest BCUT2D eigenvalue weighted by Crippen LogP contribution is 2.65. The molecule has 1 aromatic rings. The van der Waals surface area contributed by atoms with Gasteiger partial charge in [-0.1, -0.05) is 29.8 Å². The molecule has 5 nitrogen and oxygen atoms in total. The number of carbonyl (C=O) groups is 3. The van der Waals surface area contributed by atoms with Crippen LogP contribution in [0.15, 0.2) is 36.4 Å². The second-order valence-electron chi connectivity index (χ2n) is 8.23. The van der Waals surface area contributed by atoms with Crippen molar-refractivity contribution in [1.29, 1.82) is 0 Å². The Hall–Kier alpha value is -2.43. The largest absolute Gasteiger partial charge is 0.324 e. The first-order chi connectivity index (χ1) is 12.5. The number of imide groups is 1. The molecular weight excluding hydrogens is 328 g/mol. The summed E-state index contributed by atoms with van der Waals surface area (Å²) in [7, 11) is 0. The molecule has 0 unspecified atom stereocenters. The van der Waals surface area contributed by atoms with Crippen molar-refractivity contribution in [2.24, 2.45) is 35.5 Å². The number of amides is 3. The first kappa shape index (κ1) is 15.8. The molecule has 1 saturated heterocycles. The molecule has 7 atom stereocenters. The number of benzene rings is 1. The molecule has 5 aliphatic rings. The first-order valence-corrected chi connectivity index (χ1v) is 9.40. The first-order valence-electron chi connectivity index (χ1n) is 9.40. The molecule has 134 valence electrons. The van der Waals surface area contributed by atoms with Gasteiger partial charge in [0.15, 0.2) is 0 Å². The molecule has 2 bridgehead atoms. The van der Waals surface area contributed by atoms with E-state index in [-0.39, 0.29) is 41.4 Å². The average molecular weight is 350 g/mol. The third-order valence-electron chi connectivity index (χ3n) is 6.78. The molecule has 1 aromatic carbocycles. The highest BCUT2D eigenvalue weighted by atomic mass is 16.2. The average Bonchev–Trinajstić information content (AvgIpc) is 3.41. The summed E-state index contributed by atoms with van der Waals surface area (Å²) in [6.45, 7) is 3.62. The van der Waals surface area contributed by atoms with Crippen LogP contribution in [0.4, 0.5) is 5.69 Å². The lowest BCUT2D eigenvalue weighted by Crippen LogP contribution is -2.46. The van der Waals surface area contributed by atoms with E-state index in [4.69, 9.17) is 0 Å². The van der Waals surface area contributed by atoms with Gasteiger partial charge in [0.2, 0.25) is 17.7 Å². The molecule has 1 aliphatic heterocycles. The van der Waals surface area contributed by atoms with Gasteiger partial charge in [0.1, 0.15) is 6.04 Å². The number of rotatable bonds is 3. The Balaban J connectivity index is 1.37. The Morgan fingerprint density at radius 3 is 2.12 bits per heavy atom. The van der Waals surface area contributed by atoms with Crippen molar-refractivity contribution < 1.29 is 14.4 Å². The number of nitrogens with one attached hydrogen (secondary N) is 1. The minimum Gasteiger partial charge on any atom is -0.324 e. The fraction of sp³-hybridized carbons (Fsp3) is 0.476. The van der Waals surface area contributed by atoms with E-state index in [9.17, 15) is 14.4 Å². The highest BCUT2D eigenvalue weighted by molar-refractivity contribution is 6.10. The van der Waals surface area contributed by atoms with Gasteiger partial charge in [0.25, 0.3) is 0 Å². The second kappa shape index (κ2) is 5.29. The van der Waals surface area contributed by atoms with E-state index in [1.165, 1.54) is 4.90 Å². The van der Waals surface area contributed by atoms with Gasteiger partial charge in [-0.25, -0.2) is 0 Å². The van der Waals surface area contributed by atoms with E-state index in [1.54, 1.807) is 6.92 Å². The number of allylic oxidation sites excluding steroid dienone is 2. The number of likely N-dealkylation sites (tertiary alicyclic amines) is 1. The van der Waals surface area contributed by atoms with Crippen molar-refractivity contribution in [2.75, 3.05) is 5.32 Å². The summed E-state index contributed by atoms with van der Waals surface area (Å²) in [6, 6.07) is 6.68. The Morgan fingerprint density at radius 2 is 1.58 bits per heavy atom. The summed E-state index contributed by atoms with van der Waals surface area (Å²) in [4.78, 5) is 40.0. The minimum atomic E-state index is -0.794. The summed E-state index contributed by atoms with van der Waals surface area (Å²) >= 11 is 0. The van der Waals surface area contributed by atoms with Crippen LogP contribution >= 0.6 is 0 Å². The van der Waals surface area contributed by atoms with Gasteiger partial charge in [0, 0.05) is 5.69 Å².